The molecule has 0 atom stereocenters. The maximum absolute atomic E-state index is 13.3. The zero-order valence-corrected chi connectivity index (χ0v) is 12.0. The van der Waals surface area contributed by atoms with Crippen molar-refractivity contribution in [2.45, 2.75) is 0 Å². The molecule has 2 aromatic rings. The van der Waals surface area contributed by atoms with Crippen molar-refractivity contribution in [2.24, 2.45) is 0 Å². The van der Waals surface area contributed by atoms with Crippen LogP contribution in [0.2, 0.25) is 0 Å². The molecule has 4 nitrogen and oxygen atoms in total. The van der Waals surface area contributed by atoms with Gasteiger partial charge in [0.25, 0.3) is 0 Å². The molecule has 0 saturated heterocycles. The van der Waals surface area contributed by atoms with Gasteiger partial charge in [0.15, 0.2) is 0 Å². The van der Waals surface area contributed by atoms with Gasteiger partial charge in [0.05, 0.1) is 19.2 Å². The lowest BCUT2D eigenvalue weighted by atomic mass is 10.2. The zero-order chi connectivity index (χ0) is 15.8. The highest BCUT2D eigenvalue weighted by Crippen LogP contribution is 2.16. The molecule has 2 rings (SSSR count). The summed E-state index contributed by atoms with van der Waals surface area (Å²) in [7, 11) is 1.55. The molecule has 0 bridgehead atoms. The average molecular weight is 298 g/mol. The molecule has 112 valence electrons. The van der Waals surface area contributed by atoms with E-state index in [1.54, 1.807) is 49.6 Å². The normalized spacial score (nSPS) is 9.36. The van der Waals surface area contributed by atoms with Gasteiger partial charge in [-0.1, -0.05) is 30.0 Å². The third kappa shape index (κ3) is 4.53. The summed E-state index contributed by atoms with van der Waals surface area (Å²) in [5, 5.41) is 5.23. The van der Waals surface area contributed by atoms with Crippen molar-refractivity contribution in [1.82, 2.24) is 5.32 Å². The van der Waals surface area contributed by atoms with E-state index in [4.69, 9.17) is 4.74 Å². The molecule has 0 fully saturated rings. The summed E-state index contributed by atoms with van der Waals surface area (Å²) < 4.78 is 18.4. The van der Waals surface area contributed by atoms with Gasteiger partial charge in [-0.05, 0) is 24.3 Å². The number of anilines is 1. The molecule has 0 aliphatic rings. The second-order valence-electron chi connectivity index (χ2n) is 4.32. The minimum Gasteiger partial charge on any atom is -0.497 e. The van der Waals surface area contributed by atoms with E-state index >= 15 is 0 Å². The van der Waals surface area contributed by atoms with Gasteiger partial charge in [0, 0.05) is 11.8 Å². The fourth-order valence-corrected chi connectivity index (χ4v) is 1.70. The van der Waals surface area contributed by atoms with Crippen LogP contribution < -0.4 is 15.4 Å². The summed E-state index contributed by atoms with van der Waals surface area (Å²) in [6.45, 7) is 0.115. The van der Waals surface area contributed by atoms with Crippen LogP contribution >= 0.6 is 0 Å². The van der Waals surface area contributed by atoms with Crippen LogP contribution in [0.15, 0.2) is 48.5 Å². The number of halogens is 1. The van der Waals surface area contributed by atoms with Crippen molar-refractivity contribution in [2.75, 3.05) is 19.0 Å². The highest BCUT2D eigenvalue weighted by molar-refractivity contribution is 5.89. The Balaban J connectivity index is 1.85. The third-order valence-electron chi connectivity index (χ3n) is 2.76. The number of hydrogen-bond acceptors (Lipinski definition) is 2. The molecule has 0 aliphatic heterocycles. The molecule has 0 radical (unpaired) electrons. The van der Waals surface area contributed by atoms with Gasteiger partial charge in [0.2, 0.25) is 0 Å². The quantitative estimate of drug-likeness (QED) is 0.856. The van der Waals surface area contributed by atoms with Crippen LogP contribution in [0.4, 0.5) is 14.9 Å². The number of carbonyl (C=O) groups is 1. The fourth-order valence-electron chi connectivity index (χ4n) is 1.70. The SMILES string of the molecule is COc1cccc(NC(=O)NCC#Cc2ccccc2F)c1. The average Bonchev–Trinajstić information content (AvgIpc) is 2.53. The topological polar surface area (TPSA) is 50.4 Å². The molecule has 2 amide bonds. The number of nitrogens with one attached hydrogen (secondary N) is 2. The van der Waals surface area contributed by atoms with Gasteiger partial charge in [-0.25, -0.2) is 9.18 Å². The van der Waals surface area contributed by atoms with E-state index in [0.29, 0.717) is 17.0 Å². The zero-order valence-electron chi connectivity index (χ0n) is 12.0. The smallest absolute Gasteiger partial charge is 0.319 e. The summed E-state index contributed by atoms with van der Waals surface area (Å²) in [4.78, 5) is 11.7. The van der Waals surface area contributed by atoms with Gasteiger partial charge in [0.1, 0.15) is 11.6 Å². The molecule has 2 N–H and O–H groups in total. The van der Waals surface area contributed by atoms with Crippen molar-refractivity contribution in [3.8, 4) is 17.6 Å². The molecule has 0 saturated carbocycles. The number of methoxy groups -OCH3 is 1. The van der Waals surface area contributed by atoms with Crippen molar-refractivity contribution in [3.05, 3.63) is 59.9 Å². The number of benzene rings is 2. The largest absolute Gasteiger partial charge is 0.497 e. The first-order chi connectivity index (χ1) is 10.7. The molecule has 0 spiro atoms. The maximum Gasteiger partial charge on any atom is 0.319 e. The number of rotatable bonds is 3. The van der Waals surface area contributed by atoms with E-state index in [0.717, 1.165) is 0 Å². The molecular formula is C17H15FN2O2. The Labute approximate surface area is 128 Å². The standard InChI is InChI=1S/C17H15FN2O2/c1-22-15-9-4-8-14(12-15)20-17(21)19-11-5-7-13-6-2-3-10-16(13)18/h2-4,6,8-10,12H,11H2,1H3,(H2,19,20,21). The number of amides is 2. The number of carbonyl (C=O) groups excluding carboxylic acids is 1. The lowest BCUT2D eigenvalue weighted by molar-refractivity contribution is 0.253. The van der Waals surface area contributed by atoms with Gasteiger partial charge in [-0.2, -0.15) is 0 Å². The Morgan fingerprint density at radius 1 is 1.23 bits per heavy atom. The Morgan fingerprint density at radius 2 is 2.05 bits per heavy atom. The number of urea groups is 1. The van der Waals surface area contributed by atoms with E-state index in [9.17, 15) is 9.18 Å². The van der Waals surface area contributed by atoms with Crippen molar-refractivity contribution in [1.29, 1.82) is 0 Å². The highest BCUT2D eigenvalue weighted by Gasteiger charge is 2.01. The summed E-state index contributed by atoms with van der Waals surface area (Å²) in [6.07, 6.45) is 0. The monoisotopic (exact) mass is 298 g/mol. The van der Waals surface area contributed by atoms with E-state index in [-0.39, 0.29) is 12.4 Å². The fraction of sp³-hybridized carbons (Fsp3) is 0.118. The van der Waals surface area contributed by atoms with Crippen molar-refractivity contribution >= 4 is 11.7 Å². The summed E-state index contributed by atoms with van der Waals surface area (Å²) >= 11 is 0. The first kappa shape index (κ1) is 15.4. The third-order valence-corrected chi connectivity index (χ3v) is 2.76. The first-order valence-electron chi connectivity index (χ1n) is 6.61. The number of ether oxygens (including phenoxy) is 1. The maximum atomic E-state index is 13.3. The van der Waals surface area contributed by atoms with Crippen LogP contribution in [-0.4, -0.2) is 19.7 Å². The van der Waals surface area contributed by atoms with Crippen LogP contribution in [-0.2, 0) is 0 Å². The van der Waals surface area contributed by atoms with Crippen LogP contribution in [0.3, 0.4) is 0 Å². The highest BCUT2D eigenvalue weighted by atomic mass is 19.1. The molecule has 0 aliphatic carbocycles. The van der Waals surface area contributed by atoms with E-state index in [1.165, 1.54) is 6.07 Å². The summed E-state index contributed by atoms with van der Waals surface area (Å²) in [5.74, 6) is 5.63. The molecule has 0 unspecified atom stereocenters. The molecule has 2 aromatic carbocycles. The lowest BCUT2D eigenvalue weighted by Crippen LogP contribution is -2.28. The van der Waals surface area contributed by atoms with E-state index < -0.39 is 6.03 Å². The van der Waals surface area contributed by atoms with Gasteiger partial charge in [-0.3, -0.25) is 0 Å². The molecule has 5 heteroatoms. The minimum absolute atomic E-state index is 0.115. The predicted octanol–water partition coefficient (Wildman–Crippen LogP) is 3.01. The van der Waals surface area contributed by atoms with Gasteiger partial charge >= 0.3 is 6.03 Å². The first-order valence-corrected chi connectivity index (χ1v) is 6.61. The van der Waals surface area contributed by atoms with Crippen LogP contribution in [0.25, 0.3) is 0 Å². The van der Waals surface area contributed by atoms with Crippen molar-refractivity contribution < 1.29 is 13.9 Å². The lowest BCUT2D eigenvalue weighted by Gasteiger charge is -2.06. The minimum atomic E-state index is -0.393. The molecule has 0 heterocycles. The van der Waals surface area contributed by atoms with E-state index in [1.807, 2.05) is 0 Å². The molecule has 22 heavy (non-hydrogen) atoms. The second kappa shape index (κ2) is 7.70. The Bertz CT molecular complexity index is 720. The Morgan fingerprint density at radius 3 is 2.82 bits per heavy atom. The summed E-state index contributed by atoms with van der Waals surface area (Å²) in [5.41, 5.74) is 0.913. The summed E-state index contributed by atoms with van der Waals surface area (Å²) in [6, 6.07) is 12.8. The van der Waals surface area contributed by atoms with Gasteiger partial charge < -0.3 is 15.4 Å². The molecule has 0 aromatic heterocycles. The number of hydrogen-bond donors (Lipinski definition) is 2. The van der Waals surface area contributed by atoms with Gasteiger partial charge in [-0.15, -0.1) is 0 Å². The van der Waals surface area contributed by atoms with Crippen LogP contribution in [0.5, 0.6) is 5.75 Å². The van der Waals surface area contributed by atoms with E-state index in [2.05, 4.69) is 22.5 Å². The Kier molecular flexibility index (Phi) is 5.38. The van der Waals surface area contributed by atoms with Crippen molar-refractivity contribution in [3.63, 3.8) is 0 Å². The molecular weight excluding hydrogens is 283 g/mol. The second-order valence-corrected chi connectivity index (χ2v) is 4.32. The van der Waals surface area contributed by atoms with Crippen LogP contribution in [0.1, 0.15) is 5.56 Å². The Hall–Kier alpha value is -3.00. The predicted molar refractivity (Wildman–Crippen MR) is 83.3 cm³/mol. The van der Waals surface area contributed by atoms with Crippen LogP contribution in [0, 0.1) is 17.7 Å².